The molecule has 1 saturated carbocycles. The minimum atomic E-state index is 0. The van der Waals surface area contributed by atoms with E-state index >= 15 is 0 Å². The van der Waals surface area contributed by atoms with Crippen LogP contribution in [-0.2, 0) is 13.0 Å². The molecule has 3 rings (SSSR count). The second kappa shape index (κ2) is 12.2. The molecule has 0 atom stereocenters. The summed E-state index contributed by atoms with van der Waals surface area (Å²) in [7, 11) is 0. The lowest BCUT2D eigenvalue weighted by Crippen LogP contribution is -2.38. The van der Waals surface area contributed by atoms with Crippen molar-refractivity contribution >= 4 is 41.3 Å². The van der Waals surface area contributed by atoms with E-state index in [0.717, 1.165) is 54.8 Å². The number of nitrogens with one attached hydrogen (secondary N) is 2. The highest BCUT2D eigenvalue weighted by Crippen LogP contribution is 2.25. The van der Waals surface area contributed by atoms with E-state index in [2.05, 4.69) is 34.4 Å². The van der Waals surface area contributed by atoms with Crippen LogP contribution >= 0.6 is 35.3 Å². The zero-order valence-electron chi connectivity index (χ0n) is 16.6. The lowest BCUT2D eigenvalue weighted by molar-refractivity contribution is 0.199. The molecule has 2 aromatic heterocycles. The van der Waals surface area contributed by atoms with E-state index in [0.29, 0.717) is 12.6 Å². The fraction of sp³-hybridized carbons (Fsp3) is 0.550. The van der Waals surface area contributed by atoms with Gasteiger partial charge in [0.25, 0.3) is 0 Å². The standard InChI is InChI=1S/C20H29N5OS.HI/c1-3-21-20(23-12-10-18-24-13-15(2)27-18)25-14-16-7-6-11-22-19(16)26-17-8-4-5-9-17;/h6-7,11,13,17H,3-5,8-10,12,14H2,1-2H3,(H2,21,23,25);1H. The van der Waals surface area contributed by atoms with E-state index in [9.17, 15) is 0 Å². The molecular weight excluding hydrogens is 485 g/mol. The fourth-order valence-corrected chi connectivity index (χ4v) is 3.91. The second-order valence-corrected chi connectivity index (χ2v) is 8.05. The van der Waals surface area contributed by atoms with Gasteiger partial charge >= 0.3 is 0 Å². The normalized spacial score (nSPS) is 14.6. The van der Waals surface area contributed by atoms with Gasteiger partial charge in [0, 0.05) is 42.3 Å². The average Bonchev–Trinajstić information content (AvgIpc) is 3.32. The van der Waals surface area contributed by atoms with Crippen LogP contribution in [0.25, 0.3) is 0 Å². The smallest absolute Gasteiger partial charge is 0.218 e. The highest BCUT2D eigenvalue weighted by atomic mass is 127. The van der Waals surface area contributed by atoms with Crippen molar-refractivity contribution in [3.8, 4) is 5.88 Å². The number of pyridine rings is 1. The van der Waals surface area contributed by atoms with Crippen molar-refractivity contribution in [2.45, 2.75) is 58.6 Å². The van der Waals surface area contributed by atoms with Crippen LogP contribution in [0.15, 0.2) is 29.5 Å². The summed E-state index contributed by atoms with van der Waals surface area (Å²) in [5.41, 5.74) is 1.03. The molecule has 6 nitrogen and oxygen atoms in total. The number of guanidine groups is 1. The zero-order valence-corrected chi connectivity index (χ0v) is 19.8. The molecule has 0 aliphatic heterocycles. The minimum Gasteiger partial charge on any atom is -0.474 e. The molecule has 0 spiro atoms. The number of hydrogen-bond acceptors (Lipinski definition) is 5. The summed E-state index contributed by atoms with van der Waals surface area (Å²) >= 11 is 1.74. The number of halogens is 1. The summed E-state index contributed by atoms with van der Waals surface area (Å²) in [4.78, 5) is 14.8. The van der Waals surface area contributed by atoms with Gasteiger partial charge in [-0.25, -0.2) is 15.0 Å². The monoisotopic (exact) mass is 515 g/mol. The van der Waals surface area contributed by atoms with Crippen LogP contribution in [0.5, 0.6) is 5.88 Å². The van der Waals surface area contributed by atoms with Crippen LogP contribution in [0, 0.1) is 6.92 Å². The van der Waals surface area contributed by atoms with Gasteiger partial charge in [-0.1, -0.05) is 6.07 Å². The van der Waals surface area contributed by atoms with Gasteiger partial charge in [0.15, 0.2) is 5.96 Å². The van der Waals surface area contributed by atoms with E-state index in [1.807, 2.05) is 18.3 Å². The van der Waals surface area contributed by atoms with Gasteiger partial charge in [-0.2, -0.15) is 0 Å². The first-order chi connectivity index (χ1) is 13.2. The minimum absolute atomic E-state index is 0. The van der Waals surface area contributed by atoms with Crippen LogP contribution in [-0.4, -0.2) is 35.1 Å². The Morgan fingerprint density at radius 3 is 2.82 bits per heavy atom. The molecule has 0 amide bonds. The van der Waals surface area contributed by atoms with Gasteiger partial charge in [0.05, 0.1) is 11.6 Å². The van der Waals surface area contributed by atoms with Crippen molar-refractivity contribution in [1.82, 2.24) is 20.6 Å². The van der Waals surface area contributed by atoms with Crippen LogP contribution in [0.1, 0.15) is 48.1 Å². The van der Waals surface area contributed by atoms with Crippen molar-refractivity contribution < 1.29 is 4.74 Å². The van der Waals surface area contributed by atoms with Gasteiger partial charge in [-0.3, -0.25) is 0 Å². The Hall–Kier alpha value is -1.42. The fourth-order valence-electron chi connectivity index (χ4n) is 3.13. The van der Waals surface area contributed by atoms with E-state index in [4.69, 9.17) is 9.73 Å². The molecule has 0 aromatic carbocycles. The molecule has 2 aromatic rings. The Kier molecular flexibility index (Phi) is 9.97. The second-order valence-electron chi connectivity index (χ2n) is 6.73. The van der Waals surface area contributed by atoms with Gasteiger partial charge in [0.1, 0.15) is 6.10 Å². The number of aliphatic imine (C=N–C) groups is 1. The van der Waals surface area contributed by atoms with E-state index in [1.165, 1.54) is 17.7 Å². The lowest BCUT2D eigenvalue weighted by Gasteiger charge is -2.15. The molecule has 0 saturated heterocycles. The Labute approximate surface area is 188 Å². The Bertz CT molecular complexity index is 746. The predicted molar refractivity (Wildman–Crippen MR) is 126 cm³/mol. The summed E-state index contributed by atoms with van der Waals surface area (Å²) in [5, 5.41) is 7.83. The van der Waals surface area contributed by atoms with Crippen molar-refractivity contribution in [3.63, 3.8) is 0 Å². The van der Waals surface area contributed by atoms with Crippen molar-refractivity contribution in [3.05, 3.63) is 40.0 Å². The highest BCUT2D eigenvalue weighted by Gasteiger charge is 2.18. The quantitative estimate of drug-likeness (QED) is 0.315. The van der Waals surface area contributed by atoms with Crippen molar-refractivity contribution in [2.24, 2.45) is 4.99 Å². The Balaban J connectivity index is 0.00000280. The molecule has 2 N–H and O–H groups in total. The maximum Gasteiger partial charge on any atom is 0.218 e. The molecule has 1 aliphatic rings. The van der Waals surface area contributed by atoms with E-state index in [1.54, 1.807) is 17.5 Å². The van der Waals surface area contributed by atoms with Gasteiger partial charge in [-0.05, 0) is 45.6 Å². The number of thiazole rings is 1. The molecule has 28 heavy (non-hydrogen) atoms. The van der Waals surface area contributed by atoms with Crippen molar-refractivity contribution in [2.75, 3.05) is 13.1 Å². The van der Waals surface area contributed by atoms with Crippen LogP contribution in [0.3, 0.4) is 0 Å². The lowest BCUT2D eigenvalue weighted by atomic mass is 10.2. The number of aryl methyl sites for hydroxylation is 1. The first-order valence-corrected chi connectivity index (χ1v) is 10.6. The predicted octanol–water partition coefficient (Wildman–Crippen LogP) is 4.08. The van der Waals surface area contributed by atoms with Gasteiger partial charge in [0.2, 0.25) is 5.88 Å². The molecule has 0 unspecified atom stereocenters. The first-order valence-electron chi connectivity index (χ1n) is 9.78. The van der Waals surface area contributed by atoms with Crippen LogP contribution < -0.4 is 15.4 Å². The SMILES string of the molecule is CCNC(=NCc1cccnc1OC1CCCC1)NCCc1ncc(C)s1.I. The maximum absolute atomic E-state index is 6.11. The number of rotatable bonds is 8. The number of nitrogens with zero attached hydrogens (tertiary/aromatic N) is 3. The topological polar surface area (TPSA) is 71.4 Å². The number of hydrogen-bond donors (Lipinski definition) is 2. The first kappa shape index (κ1) is 22.9. The molecule has 0 radical (unpaired) electrons. The van der Waals surface area contributed by atoms with E-state index < -0.39 is 0 Å². The molecule has 1 fully saturated rings. The summed E-state index contributed by atoms with van der Waals surface area (Å²) in [6, 6.07) is 3.99. The summed E-state index contributed by atoms with van der Waals surface area (Å²) in [6.45, 7) is 6.32. The number of ether oxygens (including phenoxy) is 1. The molecule has 154 valence electrons. The molecular formula is C20H30IN5OS. The van der Waals surface area contributed by atoms with Crippen molar-refractivity contribution in [1.29, 1.82) is 0 Å². The highest BCUT2D eigenvalue weighted by molar-refractivity contribution is 14.0. The van der Waals surface area contributed by atoms with Crippen LogP contribution in [0.2, 0.25) is 0 Å². The van der Waals surface area contributed by atoms with E-state index in [-0.39, 0.29) is 24.0 Å². The third-order valence-electron chi connectivity index (χ3n) is 4.48. The summed E-state index contributed by atoms with van der Waals surface area (Å²) in [5.74, 6) is 1.53. The zero-order chi connectivity index (χ0) is 18.9. The molecule has 2 heterocycles. The van der Waals surface area contributed by atoms with Gasteiger partial charge in [-0.15, -0.1) is 35.3 Å². The summed E-state index contributed by atoms with van der Waals surface area (Å²) < 4.78 is 6.11. The van der Waals surface area contributed by atoms with Crippen LogP contribution in [0.4, 0.5) is 0 Å². The van der Waals surface area contributed by atoms with Gasteiger partial charge < -0.3 is 15.4 Å². The Morgan fingerprint density at radius 1 is 1.29 bits per heavy atom. The maximum atomic E-state index is 6.11. The summed E-state index contributed by atoms with van der Waals surface area (Å²) in [6.07, 6.45) is 9.65. The average molecular weight is 515 g/mol. The third-order valence-corrected chi connectivity index (χ3v) is 5.46. The largest absolute Gasteiger partial charge is 0.474 e. The molecule has 1 aliphatic carbocycles. The molecule has 0 bridgehead atoms. The Morgan fingerprint density at radius 2 is 2.11 bits per heavy atom. The number of aromatic nitrogens is 2. The molecule has 8 heteroatoms. The third kappa shape index (κ3) is 7.20.